The fraction of sp³-hybridized carbons (Fsp3) is 0.800. The Morgan fingerprint density at radius 1 is 1.15 bits per heavy atom. The molecule has 0 aliphatic carbocycles. The molecule has 0 spiro atoms. The highest BCUT2D eigenvalue weighted by molar-refractivity contribution is 4.84. The van der Waals surface area contributed by atoms with Gasteiger partial charge in [0.2, 0.25) is 0 Å². The standard InChI is InChI=1S/C15H26N4O/c20-15(13-19-10-4-6-16-19)12-17-7-3-5-14(11-17)18-8-1-2-9-18/h4,6,10,14-15,20H,1-3,5,7-9,11-13H2/t14-,15+/m1/s1. The van der Waals surface area contributed by atoms with E-state index in [4.69, 9.17) is 0 Å². The van der Waals surface area contributed by atoms with Crippen molar-refractivity contribution >= 4 is 0 Å². The van der Waals surface area contributed by atoms with Crippen LogP contribution >= 0.6 is 0 Å². The van der Waals surface area contributed by atoms with Crippen molar-refractivity contribution < 1.29 is 5.11 Å². The second kappa shape index (κ2) is 6.70. The normalized spacial score (nSPS) is 26.9. The van der Waals surface area contributed by atoms with Crippen LogP contribution in [-0.2, 0) is 6.54 Å². The first-order valence-electron chi connectivity index (χ1n) is 7.93. The lowest BCUT2D eigenvalue weighted by atomic mass is 10.0. The Morgan fingerprint density at radius 3 is 2.75 bits per heavy atom. The average Bonchev–Trinajstić information content (AvgIpc) is 3.11. The molecule has 2 fully saturated rings. The average molecular weight is 278 g/mol. The first kappa shape index (κ1) is 14.0. The third-order valence-corrected chi connectivity index (χ3v) is 4.56. The number of aromatic nitrogens is 2. The van der Waals surface area contributed by atoms with Crippen LogP contribution in [0.3, 0.4) is 0 Å². The first-order chi connectivity index (χ1) is 9.81. The summed E-state index contributed by atoms with van der Waals surface area (Å²) in [5, 5.41) is 14.4. The van der Waals surface area contributed by atoms with Gasteiger partial charge in [0.05, 0.1) is 12.6 Å². The first-order valence-corrected chi connectivity index (χ1v) is 7.93. The van der Waals surface area contributed by atoms with Gasteiger partial charge >= 0.3 is 0 Å². The van der Waals surface area contributed by atoms with Gasteiger partial charge in [-0.2, -0.15) is 5.10 Å². The fourth-order valence-corrected chi connectivity index (χ4v) is 3.58. The fourth-order valence-electron chi connectivity index (χ4n) is 3.58. The molecule has 2 atom stereocenters. The Labute approximate surface area is 121 Å². The molecule has 0 aromatic carbocycles. The lowest BCUT2D eigenvalue weighted by Gasteiger charge is -2.38. The minimum atomic E-state index is -0.327. The Balaban J connectivity index is 1.46. The Hall–Kier alpha value is -0.910. The van der Waals surface area contributed by atoms with E-state index in [9.17, 15) is 5.11 Å². The summed E-state index contributed by atoms with van der Waals surface area (Å²) in [6.07, 6.45) is 8.65. The van der Waals surface area contributed by atoms with Gasteiger partial charge < -0.3 is 5.11 Å². The van der Waals surface area contributed by atoms with Gasteiger partial charge in [0, 0.05) is 31.5 Å². The van der Waals surface area contributed by atoms with Gasteiger partial charge in [0.25, 0.3) is 0 Å². The molecule has 0 saturated carbocycles. The van der Waals surface area contributed by atoms with Crippen LogP contribution in [0.5, 0.6) is 0 Å². The summed E-state index contributed by atoms with van der Waals surface area (Å²) in [5.41, 5.74) is 0. The molecule has 1 N–H and O–H groups in total. The minimum Gasteiger partial charge on any atom is -0.390 e. The van der Waals surface area contributed by atoms with Crippen LogP contribution in [0.4, 0.5) is 0 Å². The van der Waals surface area contributed by atoms with Crippen LogP contribution in [0.2, 0.25) is 0 Å². The molecule has 0 radical (unpaired) electrons. The van der Waals surface area contributed by atoms with E-state index in [0.29, 0.717) is 12.6 Å². The number of nitrogens with zero attached hydrogens (tertiary/aromatic N) is 4. The summed E-state index contributed by atoms with van der Waals surface area (Å²) < 4.78 is 1.81. The molecule has 2 aliphatic heterocycles. The van der Waals surface area contributed by atoms with Crippen molar-refractivity contribution in [2.45, 2.75) is 44.4 Å². The molecule has 0 amide bonds. The highest BCUT2D eigenvalue weighted by Crippen LogP contribution is 2.20. The largest absolute Gasteiger partial charge is 0.390 e. The van der Waals surface area contributed by atoms with Gasteiger partial charge in [-0.1, -0.05) is 0 Å². The van der Waals surface area contributed by atoms with Gasteiger partial charge in [0.15, 0.2) is 0 Å². The van der Waals surface area contributed by atoms with E-state index in [2.05, 4.69) is 14.9 Å². The molecule has 0 bridgehead atoms. The molecule has 1 aromatic rings. The number of hydrogen-bond acceptors (Lipinski definition) is 4. The summed E-state index contributed by atoms with van der Waals surface area (Å²) in [6, 6.07) is 2.61. The molecule has 2 saturated heterocycles. The van der Waals surface area contributed by atoms with Gasteiger partial charge in [-0.3, -0.25) is 14.5 Å². The van der Waals surface area contributed by atoms with Crippen molar-refractivity contribution in [3.05, 3.63) is 18.5 Å². The third kappa shape index (κ3) is 3.59. The maximum Gasteiger partial charge on any atom is 0.0862 e. The predicted molar refractivity (Wildman–Crippen MR) is 78.5 cm³/mol. The van der Waals surface area contributed by atoms with Crippen molar-refractivity contribution in [3.63, 3.8) is 0 Å². The third-order valence-electron chi connectivity index (χ3n) is 4.56. The van der Waals surface area contributed by atoms with E-state index in [-0.39, 0.29) is 6.10 Å². The molecular formula is C15H26N4O. The van der Waals surface area contributed by atoms with E-state index >= 15 is 0 Å². The molecule has 1 aromatic heterocycles. The van der Waals surface area contributed by atoms with Crippen molar-refractivity contribution in [2.24, 2.45) is 0 Å². The SMILES string of the molecule is O[C@@H](CN1CCC[C@@H](N2CCCC2)C1)Cn1cccn1. The van der Waals surface area contributed by atoms with Gasteiger partial charge in [-0.05, 0) is 51.4 Å². The summed E-state index contributed by atoms with van der Waals surface area (Å²) in [5.74, 6) is 0. The summed E-state index contributed by atoms with van der Waals surface area (Å²) in [6.45, 7) is 6.15. The van der Waals surface area contributed by atoms with E-state index in [0.717, 1.165) is 19.6 Å². The molecule has 5 heteroatoms. The number of β-amino-alcohol motifs (C(OH)–C–C–N with tert-alkyl or cyclic N) is 1. The lowest BCUT2D eigenvalue weighted by molar-refractivity contribution is 0.0563. The van der Waals surface area contributed by atoms with Crippen molar-refractivity contribution in [2.75, 3.05) is 32.7 Å². The van der Waals surface area contributed by atoms with Crippen LogP contribution < -0.4 is 0 Å². The maximum atomic E-state index is 10.2. The van der Waals surface area contributed by atoms with Gasteiger partial charge in [0.1, 0.15) is 0 Å². The maximum absolute atomic E-state index is 10.2. The second-order valence-electron chi connectivity index (χ2n) is 6.18. The molecule has 5 nitrogen and oxygen atoms in total. The van der Waals surface area contributed by atoms with Gasteiger partial charge in [-0.25, -0.2) is 0 Å². The van der Waals surface area contributed by atoms with E-state index < -0.39 is 0 Å². The number of aliphatic hydroxyl groups excluding tert-OH is 1. The number of likely N-dealkylation sites (tertiary alicyclic amines) is 2. The smallest absolute Gasteiger partial charge is 0.0862 e. The predicted octanol–water partition coefficient (Wildman–Crippen LogP) is 0.804. The lowest BCUT2D eigenvalue weighted by Crippen LogP contribution is -2.49. The second-order valence-corrected chi connectivity index (χ2v) is 6.18. The summed E-state index contributed by atoms with van der Waals surface area (Å²) in [7, 11) is 0. The topological polar surface area (TPSA) is 44.5 Å². The van der Waals surface area contributed by atoms with Gasteiger partial charge in [-0.15, -0.1) is 0 Å². The van der Waals surface area contributed by atoms with Crippen LogP contribution in [0, 0.1) is 0 Å². The number of rotatable bonds is 5. The highest BCUT2D eigenvalue weighted by Gasteiger charge is 2.27. The zero-order chi connectivity index (χ0) is 13.8. The molecule has 20 heavy (non-hydrogen) atoms. The Kier molecular flexibility index (Phi) is 4.70. The molecule has 112 valence electrons. The van der Waals surface area contributed by atoms with Crippen molar-refractivity contribution in [1.82, 2.24) is 19.6 Å². The number of piperidine rings is 1. The van der Waals surface area contributed by atoms with E-state index in [1.807, 2.05) is 16.9 Å². The van der Waals surface area contributed by atoms with Crippen LogP contribution in [0.25, 0.3) is 0 Å². The van der Waals surface area contributed by atoms with Crippen LogP contribution in [0.1, 0.15) is 25.7 Å². The van der Waals surface area contributed by atoms with Crippen LogP contribution in [0.15, 0.2) is 18.5 Å². The molecular weight excluding hydrogens is 252 g/mol. The quantitative estimate of drug-likeness (QED) is 0.865. The van der Waals surface area contributed by atoms with Crippen molar-refractivity contribution in [3.8, 4) is 0 Å². The Bertz CT molecular complexity index is 389. The highest BCUT2D eigenvalue weighted by atomic mass is 16.3. The zero-order valence-electron chi connectivity index (χ0n) is 12.2. The molecule has 3 heterocycles. The van der Waals surface area contributed by atoms with E-state index in [1.54, 1.807) is 6.20 Å². The summed E-state index contributed by atoms with van der Waals surface area (Å²) in [4.78, 5) is 5.08. The van der Waals surface area contributed by atoms with Crippen LogP contribution in [-0.4, -0.2) is 69.6 Å². The minimum absolute atomic E-state index is 0.327. The molecule has 3 rings (SSSR count). The number of hydrogen-bond donors (Lipinski definition) is 1. The number of aliphatic hydroxyl groups is 1. The summed E-state index contributed by atoms with van der Waals surface area (Å²) >= 11 is 0. The molecule has 2 aliphatic rings. The van der Waals surface area contributed by atoms with Crippen molar-refractivity contribution in [1.29, 1.82) is 0 Å². The monoisotopic (exact) mass is 278 g/mol. The van der Waals surface area contributed by atoms with E-state index in [1.165, 1.54) is 38.8 Å². The Morgan fingerprint density at radius 2 is 2.00 bits per heavy atom. The zero-order valence-corrected chi connectivity index (χ0v) is 12.2. The molecule has 0 unspecified atom stereocenters.